The zero-order valence-corrected chi connectivity index (χ0v) is 11.1. The monoisotopic (exact) mass is 272 g/mol. The predicted molar refractivity (Wildman–Crippen MR) is 67.1 cm³/mol. The van der Waals surface area contributed by atoms with Gasteiger partial charge in [0.25, 0.3) is 0 Å². The summed E-state index contributed by atoms with van der Waals surface area (Å²) < 4.78 is 1.75. The highest BCUT2D eigenvalue weighted by molar-refractivity contribution is 7.98. The minimum Gasteiger partial charge on any atom is -0.480 e. The van der Waals surface area contributed by atoms with Gasteiger partial charge in [0, 0.05) is 19.2 Å². The molecule has 0 aliphatic heterocycles. The average molecular weight is 272 g/mol. The lowest BCUT2D eigenvalue weighted by atomic mass is 10.3. The maximum absolute atomic E-state index is 10.9. The van der Waals surface area contributed by atoms with Crippen LogP contribution in [0.3, 0.4) is 0 Å². The van der Waals surface area contributed by atoms with E-state index in [-0.39, 0.29) is 5.91 Å². The highest BCUT2D eigenvalue weighted by atomic mass is 32.2. The van der Waals surface area contributed by atoms with Crippen molar-refractivity contribution in [3.05, 3.63) is 12.2 Å². The van der Waals surface area contributed by atoms with Gasteiger partial charge in [0.05, 0.1) is 5.75 Å². The van der Waals surface area contributed by atoms with E-state index in [0.717, 1.165) is 12.4 Å². The Labute approximate surface area is 109 Å². The maximum atomic E-state index is 10.9. The highest BCUT2D eigenvalue weighted by Gasteiger charge is 2.18. The summed E-state index contributed by atoms with van der Waals surface area (Å²) in [7, 11) is 0. The van der Waals surface area contributed by atoms with Crippen LogP contribution in [0.25, 0.3) is 0 Å². The molecule has 100 valence electrons. The van der Waals surface area contributed by atoms with E-state index in [9.17, 15) is 9.59 Å². The van der Waals surface area contributed by atoms with Crippen LogP contribution in [0.1, 0.15) is 19.7 Å². The average Bonchev–Trinajstić information content (AvgIpc) is 2.74. The summed E-state index contributed by atoms with van der Waals surface area (Å²) in [6.45, 7) is 3.98. The Morgan fingerprint density at radius 2 is 2.33 bits per heavy atom. The Kier molecular flexibility index (Phi) is 5.63. The van der Waals surface area contributed by atoms with Crippen molar-refractivity contribution < 1.29 is 14.7 Å². The second-order valence-electron chi connectivity index (χ2n) is 3.60. The molecule has 0 radical (unpaired) electrons. The number of hydrogen-bond donors (Lipinski definition) is 2. The third-order valence-corrected chi connectivity index (χ3v) is 3.22. The summed E-state index contributed by atoms with van der Waals surface area (Å²) in [4.78, 5) is 25.8. The molecule has 0 aromatic carbocycles. The fourth-order valence-corrected chi connectivity index (χ4v) is 2.34. The fourth-order valence-electron chi connectivity index (χ4n) is 1.35. The number of carbonyl (C=O) groups is 2. The fraction of sp³-hybridized carbons (Fsp3) is 0.600. The van der Waals surface area contributed by atoms with Crippen LogP contribution in [-0.2, 0) is 21.9 Å². The third kappa shape index (κ3) is 4.36. The Hall–Kier alpha value is -1.57. The molecule has 0 aliphatic rings. The van der Waals surface area contributed by atoms with Crippen molar-refractivity contribution in [3.63, 3.8) is 0 Å². The summed E-state index contributed by atoms with van der Waals surface area (Å²) in [5.41, 5.74) is 0. The first-order valence-electron chi connectivity index (χ1n) is 5.49. The Morgan fingerprint density at radius 3 is 2.89 bits per heavy atom. The SMILES string of the molecule is CCn1ncnc1CSCC(NC(C)=O)C(=O)O. The van der Waals surface area contributed by atoms with Gasteiger partial charge >= 0.3 is 5.97 Å². The van der Waals surface area contributed by atoms with Crippen molar-refractivity contribution in [2.24, 2.45) is 0 Å². The molecule has 7 nitrogen and oxygen atoms in total. The lowest BCUT2D eigenvalue weighted by molar-refractivity contribution is -0.140. The molecule has 1 aromatic heterocycles. The minimum absolute atomic E-state index is 0.297. The smallest absolute Gasteiger partial charge is 0.327 e. The molecule has 0 bridgehead atoms. The Bertz CT molecular complexity index is 421. The van der Waals surface area contributed by atoms with Crippen molar-refractivity contribution in [1.29, 1.82) is 0 Å². The first kappa shape index (κ1) is 14.5. The normalized spacial score (nSPS) is 12.1. The summed E-state index contributed by atoms with van der Waals surface area (Å²) in [6, 6.07) is -0.870. The van der Waals surface area contributed by atoms with Gasteiger partial charge in [0.15, 0.2) is 0 Å². The van der Waals surface area contributed by atoms with E-state index >= 15 is 0 Å². The Balaban J connectivity index is 2.43. The molecule has 0 saturated carbocycles. The molecule has 1 atom stereocenters. The molecule has 0 fully saturated rings. The van der Waals surface area contributed by atoms with Crippen LogP contribution in [0, 0.1) is 0 Å². The predicted octanol–water partition coefficient (Wildman–Crippen LogP) is 0.120. The number of hydrogen-bond acceptors (Lipinski definition) is 5. The lowest BCUT2D eigenvalue weighted by Crippen LogP contribution is -2.41. The van der Waals surface area contributed by atoms with Crippen LogP contribution in [0.5, 0.6) is 0 Å². The van der Waals surface area contributed by atoms with E-state index in [1.54, 1.807) is 4.68 Å². The van der Waals surface area contributed by atoms with Gasteiger partial charge in [-0.2, -0.15) is 16.9 Å². The zero-order chi connectivity index (χ0) is 13.5. The van der Waals surface area contributed by atoms with Crippen molar-refractivity contribution in [1.82, 2.24) is 20.1 Å². The maximum Gasteiger partial charge on any atom is 0.327 e. The molecule has 0 saturated heterocycles. The topological polar surface area (TPSA) is 97.1 Å². The standard InChI is InChI=1S/C10H16N4O3S/c1-3-14-9(11-6-12-14)5-18-4-8(10(16)17)13-7(2)15/h6,8H,3-5H2,1-2H3,(H,13,15)(H,16,17). The molecule has 8 heteroatoms. The van der Waals surface area contributed by atoms with Crippen LogP contribution < -0.4 is 5.32 Å². The van der Waals surface area contributed by atoms with Crippen LogP contribution in [0.2, 0.25) is 0 Å². The highest BCUT2D eigenvalue weighted by Crippen LogP contribution is 2.11. The van der Waals surface area contributed by atoms with Gasteiger partial charge in [-0.05, 0) is 6.92 Å². The third-order valence-electron chi connectivity index (χ3n) is 2.19. The number of aliphatic carboxylic acids is 1. The summed E-state index contributed by atoms with van der Waals surface area (Å²) in [5.74, 6) is 0.284. The van der Waals surface area contributed by atoms with Crippen LogP contribution >= 0.6 is 11.8 Å². The molecule has 2 N–H and O–H groups in total. The number of thioether (sulfide) groups is 1. The molecular formula is C10H16N4O3S. The first-order chi connectivity index (χ1) is 8.54. The summed E-state index contributed by atoms with van der Waals surface area (Å²) in [6.07, 6.45) is 1.47. The van der Waals surface area contributed by atoms with Gasteiger partial charge in [-0.15, -0.1) is 0 Å². The molecule has 18 heavy (non-hydrogen) atoms. The molecule has 1 rings (SSSR count). The summed E-state index contributed by atoms with van der Waals surface area (Å²) in [5, 5.41) is 15.3. The number of carbonyl (C=O) groups excluding carboxylic acids is 1. The number of amides is 1. The zero-order valence-electron chi connectivity index (χ0n) is 10.3. The number of aromatic nitrogens is 3. The van der Waals surface area contributed by atoms with E-state index in [0.29, 0.717) is 11.5 Å². The number of carboxylic acids is 1. The molecule has 0 aliphatic carbocycles. The van der Waals surface area contributed by atoms with Crippen LogP contribution in [-0.4, -0.2) is 43.5 Å². The van der Waals surface area contributed by atoms with Crippen molar-refractivity contribution >= 4 is 23.6 Å². The van der Waals surface area contributed by atoms with Crippen LogP contribution in [0.15, 0.2) is 6.33 Å². The number of nitrogens with one attached hydrogen (secondary N) is 1. The van der Waals surface area contributed by atoms with Gasteiger partial charge in [-0.25, -0.2) is 14.5 Å². The minimum atomic E-state index is -1.03. The van der Waals surface area contributed by atoms with E-state index in [2.05, 4.69) is 15.4 Å². The van der Waals surface area contributed by atoms with E-state index in [4.69, 9.17) is 5.11 Å². The second-order valence-corrected chi connectivity index (χ2v) is 4.63. The van der Waals surface area contributed by atoms with Crippen molar-refractivity contribution in [2.75, 3.05) is 5.75 Å². The van der Waals surface area contributed by atoms with Gasteiger partial charge in [0.1, 0.15) is 18.2 Å². The second kappa shape index (κ2) is 7.00. The van der Waals surface area contributed by atoms with Gasteiger partial charge in [0.2, 0.25) is 5.91 Å². The molecule has 1 amide bonds. The largest absolute Gasteiger partial charge is 0.480 e. The Morgan fingerprint density at radius 1 is 1.61 bits per heavy atom. The number of aryl methyl sites for hydroxylation is 1. The molecule has 0 spiro atoms. The first-order valence-corrected chi connectivity index (χ1v) is 6.64. The lowest BCUT2D eigenvalue weighted by Gasteiger charge is -2.12. The molecular weight excluding hydrogens is 256 g/mol. The molecule has 1 unspecified atom stereocenters. The van der Waals surface area contributed by atoms with Gasteiger partial charge < -0.3 is 10.4 Å². The van der Waals surface area contributed by atoms with Crippen molar-refractivity contribution in [3.8, 4) is 0 Å². The molecule has 1 aromatic rings. The van der Waals surface area contributed by atoms with E-state index in [1.807, 2.05) is 6.92 Å². The number of nitrogens with zero attached hydrogens (tertiary/aromatic N) is 3. The number of rotatable bonds is 7. The summed E-state index contributed by atoms with van der Waals surface area (Å²) >= 11 is 1.40. The van der Waals surface area contributed by atoms with E-state index < -0.39 is 12.0 Å². The van der Waals surface area contributed by atoms with Gasteiger partial charge in [-0.1, -0.05) is 0 Å². The number of carboxylic acid groups (broad SMARTS) is 1. The quantitative estimate of drug-likeness (QED) is 0.731. The van der Waals surface area contributed by atoms with E-state index in [1.165, 1.54) is 25.0 Å². The van der Waals surface area contributed by atoms with Gasteiger partial charge in [-0.3, -0.25) is 4.79 Å². The van der Waals surface area contributed by atoms with Crippen LogP contribution in [0.4, 0.5) is 0 Å². The molecule has 1 heterocycles. The van der Waals surface area contributed by atoms with Crippen molar-refractivity contribution in [2.45, 2.75) is 32.2 Å².